The number of hydrogen-bond acceptors (Lipinski definition) is 5. The molecule has 7 nitrogen and oxygen atoms in total. The summed E-state index contributed by atoms with van der Waals surface area (Å²) >= 11 is 0. The summed E-state index contributed by atoms with van der Waals surface area (Å²) in [5.41, 5.74) is 6.66. The van der Waals surface area contributed by atoms with Crippen LogP contribution in [0.1, 0.15) is 41.1 Å². The van der Waals surface area contributed by atoms with Crippen LogP contribution in [0.2, 0.25) is 0 Å². The molecule has 1 aliphatic rings. The summed E-state index contributed by atoms with van der Waals surface area (Å²) in [6, 6.07) is 18.2. The maximum atomic E-state index is 12.4. The fraction of sp³-hybridized carbons (Fsp3) is 0.280. The smallest absolute Gasteiger partial charge is 0.368 e. The molecule has 7 heteroatoms. The molecular formula is C25H25N5O2. The molecule has 0 aliphatic heterocycles. The Morgan fingerprint density at radius 3 is 2.56 bits per heavy atom. The summed E-state index contributed by atoms with van der Waals surface area (Å²) in [6.45, 7) is 4.36. The SMILES string of the molecule is Cc1cccc(-c2ccc(OCc3c(C)cccc3-n3nnn(C)c3=O)c(C3CC3)c2)n1. The van der Waals surface area contributed by atoms with Crippen LogP contribution in [-0.4, -0.2) is 24.8 Å². The molecule has 0 saturated heterocycles. The van der Waals surface area contributed by atoms with Gasteiger partial charge in [-0.3, -0.25) is 4.98 Å². The van der Waals surface area contributed by atoms with Crippen molar-refractivity contribution < 1.29 is 4.74 Å². The molecule has 0 spiro atoms. The Balaban J connectivity index is 1.47. The zero-order valence-corrected chi connectivity index (χ0v) is 18.4. The van der Waals surface area contributed by atoms with Crippen LogP contribution < -0.4 is 10.4 Å². The van der Waals surface area contributed by atoms with Crippen molar-refractivity contribution in [2.75, 3.05) is 0 Å². The number of aryl methyl sites for hydroxylation is 3. The lowest BCUT2D eigenvalue weighted by Crippen LogP contribution is -2.23. The Kier molecular flexibility index (Phi) is 5.09. The van der Waals surface area contributed by atoms with Crippen LogP contribution in [0.3, 0.4) is 0 Å². The van der Waals surface area contributed by atoms with E-state index in [1.165, 1.54) is 27.8 Å². The highest BCUT2D eigenvalue weighted by molar-refractivity contribution is 5.63. The van der Waals surface area contributed by atoms with Crippen LogP contribution in [0.5, 0.6) is 5.75 Å². The number of nitrogens with zero attached hydrogens (tertiary/aromatic N) is 5. The van der Waals surface area contributed by atoms with Gasteiger partial charge in [0.05, 0.1) is 11.4 Å². The monoisotopic (exact) mass is 427 g/mol. The number of tetrazole rings is 1. The molecule has 0 atom stereocenters. The van der Waals surface area contributed by atoms with Crippen molar-refractivity contribution in [2.24, 2.45) is 7.05 Å². The van der Waals surface area contributed by atoms with Crippen LogP contribution in [0, 0.1) is 13.8 Å². The highest BCUT2D eigenvalue weighted by Crippen LogP contribution is 2.45. The molecule has 162 valence electrons. The molecule has 0 unspecified atom stereocenters. The molecule has 4 aromatic rings. The van der Waals surface area contributed by atoms with Gasteiger partial charge in [-0.25, -0.2) is 4.79 Å². The van der Waals surface area contributed by atoms with E-state index in [4.69, 9.17) is 4.74 Å². The number of rotatable bonds is 6. The molecule has 2 heterocycles. The third-order valence-electron chi connectivity index (χ3n) is 5.92. The maximum absolute atomic E-state index is 12.4. The Hall–Kier alpha value is -3.74. The van der Waals surface area contributed by atoms with Crippen molar-refractivity contribution in [1.82, 2.24) is 24.8 Å². The van der Waals surface area contributed by atoms with Crippen LogP contribution in [0.4, 0.5) is 0 Å². The number of hydrogen-bond donors (Lipinski definition) is 0. The molecule has 1 fully saturated rings. The summed E-state index contributed by atoms with van der Waals surface area (Å²) in [4.78, 5) is 17.1. The van der Waals surface area contributed by atoms with E-state index in [2.05, 4.69) is 27.5 Å². The lowest BCUT2D eigenvalue weighted by Gasteiger charge is -2.16. The second kappa shape index (κ2) is 8.07. The van der Waals surface area contributed by atoms with Crippen molar-refractivity contribution in [1.29, 1.82) is 0 Å². The first-order chi connectivity index (χ1) is 15.5. The van der Waals surface area contributed by atoms with Gasteiger partial charge in [0.1, 0.15) is 12.4 Å². The quantitative estimate of drug-likeness (QED) is 0.463. The second-order valence-electron chi connectivity index (χ2n) is 8.35. The Morgan fingerprint density at radius 1 is 1.03 bits per heavy atom. The molecule has 2 aromatic heterocycles. The molecule has 2 aromatic carbocycles. The number of ether oxygens (including phenoxy) is 1. The molecule has 1 aliphatic carbocycles. The minimum absolute atomic E-state index is 0.287. The number of pyridine rings is 1. The van der Waals surface area contributed by atoms with Gasteiger partial charge in [-0.05, 0) is 90.6 Å². The van der Waals surface area contributed by atoms with Crippen molar-refractivity contribution in [2.45, 2.75) is 39.2 Å². The third-order valence-corrected chi connectivity index (χ3v) is 5.92. The average Bonchev–Trinajstić information content (AvgIpc) is 3.58. The minimum atomic E-state index is -0.287. The van der Waals surface area contributed by atoms with E-state index in [0.29, 0.717) is 18.2 Å². The first kappa shape index (κ1) is 20.2. The highest BCUT2D eigenvalue weighted by atomic mass is 16.5. The van der Waals surface area contributed by atoms with Crippen LogP contribution in [-0.2, 0) is 13.7 Å². The van der Waals surface area contributed by atoms with E-state index in [-0.39, 0.29) is 5.69 Å². The molecule has 32 heavy (non-hydrogen) atoms. The predicted octanol–water partition coefficient (Wildman–Crippen LogP) is 4.10. The van der Waals surface area contributed by atoms with Crippen LogP contribution in [0.25, 0.3) is 16.9 Å². The van der Waals surface area contributed by atoms with Crippen molar-refractivity contribution in [3.05, 3.63) is 87.5 Å². The largest absolute Gasteiger partial charge is 0.489 e. The van der Waals surface area contributed by atoms with Gasteiger partial charge in [0, 0.05) is 23.9 Å². The van der Waals surface area contributed by atoms with Gasteiger partial charge < -0.3 is 4.74 Å². The summed E-state index contributed by atoms with van der Waals surface area (Å²) in [5, 5.41) is 7.85. The summed E-state index contributed by atoms with van der Waals surface area (Å²) in [7, 11) is 1.59. The second-order valence-corrected chi connectivity index (χ2v) is 8.35. The van der Waals surface area contributed by atoms with E-state index in [0.717, 1.165) is 33.8 Å². The third kappa shape index (κ3) is 3.82. The van der Waals surface area contributed by atoms with E-state index in [1.807, 2.05) is 56.3 Å². The summed E-state index contributed by atoms with van der Waals surface area (Å²) in [5.74, 6) is 1.40. The Morgan fingerprint density at radius 2 is 1.84 bits per heavy atom. The first-order valence-corrected chi connectivity index (χ1v) is 10.8. The van der Waals surface area contributed by atoms with E-state index < -0.39 is 0 Å². The van der Waals surface area contributed by atoms with Crippen LogP contribution in [0.15, 0.2) is 59.4 Å². The first-order valence-electron chi connectivity index (χ1n) is 10.8. The standard InChI is InChI=1S/C25H25N5O2/c1-16-6-4-9-23(30-25(31)29(3)27-28-30)21(16)15-32-24-13-12-19(14-20(24)18-10-11-18)22-8-5-7-17(2)26-22/h4-9,12-14,18H,10-11,15H2,1-3H3. The molecule has 1 saturated carbocycles. The van der Waals surface area contributed by atoms with Crippen molar-refractivity contribution in [3.63, 3.8) is 0 Å². The van der Waals surface area contributed by atoms with Gasteiger partial charge >= 0.3 is 5.69 Å². The van der Waals surface area contributed by atoms with Crippen LogP contribution >= 0.6 is 0 Å². The molecule has 0 bridgehead atoms. The molecule has 0 amide bonds. The highest BCUT2D eigenvalue weighted by Gasteiger charge is 2.27. The summed E-state index contributed by atoms with van der Waals surface area (Å²) in [6.07, 6.45) is 2.34. The fourth-order valence-electron chi connectivity index (χ4n) is 3.94. The lowest BCUT2D eigenvalue weighted by molar-refractivity contribution is 0.301. The maximum Gasteiger partial charge on any atom is 0.368 e. The van der Waals surface area contributed by atoms with Gasteiger partial charge in [0.25, 0.3) is 0 Å². The van der Waals surface area contributed by atoms with Gasteiger partial charge in [-0.1, -0.05) is 18.2 Å². The number of benzene rings is 2. The average molecular weight is 428 g/mol. The Labute approximate surface area is 186 Å². The summed E-state index contributed by atoms with van der Waals surface area (Å²) < 4.78 is 8.88. The van der Waals surface area contributed by atoms with Gasteiger partial charge in [-0.2, -0.15) is 9.36 Å². The fourth-order valence-corrected chi connectivity index (χ4v) is 3.94. The minimum Gasteiger partial charge on any atom is -0.489 e. The van der Waals surface area contributed by atoms with Crippen molar-refractivity contribution in [3.8, 4) is 22.7 Å². The van der Waals surface area contributed by atoms with E-state index in [1.54, 1.807) is 7.05 Å². The van der Waals surface area contributed by atoms with Crippen molar-refractivity contribution >= 4 is 0 Å². The zero-order chi connectivity index (χ0) is 22.2. The van der Waals surface area contributed by atoms with Gasteiger partial charge in [0.2, 0.25) is 0 Å². The molecule has 0 N–H and O–H groups in total. The van der Waals surface area contributed by atoms with Gasteiger partial charge in [-0.15, -0.1) is 0 Å². The predicted molar refractivity (Wildman–Crippen MR) is 122 cm³/mol. The molecule has 5 rings (SSSR count). The molecule has 0 radical (unpaired) electrons. The van der Waals surface area contributed by atoms with E-state index >= 15 is 0 Å². The topological polar surface area (TPSA) is 74.8 Å². The molecular weight excluding hydrogens is 402 g/mol. The van der Waals surface area contributed by atoms with Gasteiger partial charge in [0.15, 0.2) is 0 Å². The van der Waals surface area contributed by atoms with E-state index in [9.17, 15) is 4.79 Å². The lowest BCUT2D eigenvalue weighted by atomic mass is 10.0. The zero-order valence-electron chi connectivity index (χ0n) is 18.4. The normalized spacial score (nSPS) is 13.3. The number of aromatic nitrogens is 5. The Bertz CT molecular complexity index is 1350.